The molecule has 1 aromatic rings. The van der Waals surface area contributed by atoms with E-state index in [1.165, 1.54) is 43.2 Å². The number of carbonyl (C=O) groups is 3. The molecule has 13 atom stereocenters. The summed E-state index contributed by atoms with van der Waals surface area (Å²) in [4.78, 5) is 44.4. The first-order valence-electron chi connectivity index (χ1n) is 22.7. The summed E-state index contributed by atoms with van der Waals surface area (Å²) < 4.78 is 7.16. The average Bonchev–Trinajstić information content (AvgIpc) is 3.88. The monoisotopic (exact) mass is 768 g/mol. The normalized spacial score (nSPS) is 42.6. The second kappa shape index (κ2) is 14.3. The van der Waals surface area contributed by atoms with Crippen LogP contribution in [0.3, 0.4) is 0 Å². The topological polar surface area (TPSA) is 78.7 Å². The van der Waals surface area contributed by atoms with Gasteiger partial charge in [-0.05, 0) is 140 Å². The van der Waals surface area contributed by atoms with Crippen LogP contribution in [0.2, 0.25) is 0 Å². The first-order chi connectivity index (χ1) is 26.4. The number of carbonyl (C=O) groups excluding carboxylic acids is 3. The molecule has 1 aromatic carbocycles. The van der Waals surface area contributed by atoms with E-state index in [1.54, 1.807) is 0 Å². The van der Waals surface area contributed by atoms with Crippen LogP contribution >= 0.6 is 0 Å². The minimum Gasteiger partial charge on any atom is -0.376 e. The number of amides is 2. The van der Waals surface area contributed by atoms with Gasteiger partial charge in [-0.2, -0.15) is 0 Å². The zero-order valence-electron chi connectivity index (χ0n) is 36.3. The summed E-state index contributed by atoms with van der Waals surface area (Å²) in [6.07, 6.45) is 14.0. The maximum atomic E-state index is 13.8. The van der Waals surface area contributed by atoms with Crippen LogP contribution in [0, 0.1) is 51.8 Å². The Labute approximate surface area is 338 Å². The average molecular weight is 768 g/mol. The number of benzene rings is 1. The van der Waals surface area contributed by atoms with Crippen LogP contribution in [0.4, 0.5) is 0 Å². The molecule has 308 valence electrons. The van der Waals surface area contributed by atoms with Crippen molar-refractivity contribution in [3.05, 3.63) is 47.5 Å². The van der Waals surface area contributed by atoms with Gasteiger partial charge in [0.2, 0.25) is 11.8 Å². The number of ketones is 1. The summed E-state index contributed by atoms with van der Waals surface area (Å²) in [6.45, 7) is 23.8. The Morgan fingerprint density at radius 1 is 1.02 bits per heavy atom. The van der Waals surface area contributed by atoms with Crippen LogP contribution in [-0.2, 0) is 24.5 Å². The van der Waals surface area contributed by atoms with Crippen LogP contribution < -0.4 is 5.32 Å². The fourth-order valence-electron chi connectivity index (χ4n) is 14.4. The van der Waals surface area contributed by atoms with Crippen molar-refractivity contribution in [3.63, 3.8) is 0 Å². The van der Waals surface area contributed by atoms with E-state index in [2.05, 4.69) is 82.9 Å². The van der Waals surface area contributed by atoms with E-state index in [9.17, 15) is 14.4 Å². The van der Waals surface area contributed by atoms with E-state index < -0.39 is 5.54 Å². The van der Waals surface area contributed by atoms with Gasteiger partial charge in [-0.3, -0.25) is 19.3 Å². The van der Waals surface area contributed by atoms with Gasteiger partial charge in [-0.25, -0.2) is 0 Å². The number of ether oxygens (including phenoxy) is 1. The van der Waals surface area contributed by atoms with Crippen molar-refractivity contribution < 1.29 is 19.1 Å². The summed E-state index contributed by atoms with van der Waals surface area (Å²) >= 11 is 0. The van der Waals surface area contributed by atoms with Gasteiger partial charge in [0.1, 0.15) is 5.54 Å². The van der Waals surface area contributed by atoms with Gasteiger partial charge in [-0.15, -0.1) is 0 Å². The molecule has 0 aromatic heterocycles. The highest BCUT2D eigenvalue weighted by molar-refractivity contribution is 5.97. The third-order valence-corrected chi connectivity index (χ3v) is 17.7. The van der Waals surface area contributed by atoms with Gasteiger partial charge in [0.05, 0.1) is 18.8 Å². The van der Waals surface area contributed by atoms with Gasteiger partial charge in [0.25, 0.3) is 0 Å². The number of piperidine rings is 1. The lowest BCUT2D eigenvalue weighted by Gasteiger charge is -2.49. The van der Waals surface area contributed by atoms with Crippen molar-refractivity contribution >= 4 is 17.6 Å². The molecule has 6 fully saturated rings. The standard InChI is InChI=1S/C49H73N3O4/c1-31(26-45(5,6)35-13-11-10-12-14-35)24-42(54)52-34(4)48(52,9)44(55)50-21-22-51-28-32(2)23-41-43(51)33(3)15-18-39-38-17-16-36-25-37(53)19-20-47(36,8)40(38)27-49(39)29-46(49,7)30-56-41/h10-14,25,31-34,38-41,43H,15-24,26-30H2,1-9H3,(H,50,55). The molecule has 4 aliphatic carbocycles. The van der Waals surface area contributed by atoms with E-state index in [0.29, 0.717) is 48.0 Å². The third kappa shape index (κ3) is 6.65. The number of nitrogens with zero attached hydrogens (tertiary/aromatic N) is 2. The van der Waals surface area contributed by atoms with E-state index in [-0.39, 0.29) is 46.1 Å². The fourth-order valence-corrected chi connectivity index (χ4v) is 14.4. The molecule has 7 heteroatoms. The molecular weight excluding hydrogens is 695 g/mol. The second-order valence-electron chi connectivity index (χ2n) is 21.9. The van der Waals surface area contributed by atoms with Crippen LogP contribution in [0.15, 0.2) is 42.0 Å². The number of nitrogens with one attached hydrogen (secondary N) is 1. The van der Waals surface area contributed by atoms with Crippen molar-refractivity contribution in [2.75, 3.05) is 26.2 Å². The molecule has 56 heavy (non-hydrogen) atoms. The maximum absolute atomic E-state index is 13.8. The summed E-state index contributed by atoms with van der Waals surface area (Å²) in [5.41, 5.74) is 2.76. The molecule has 7 nitrogen and oxygen atoms in total. The molecule has 2 amide bonds. The molecule has 7 aliphatic rings. The lowest BCUT2D eigenvalue weighted by atomic mass is 9.56. The Morgan fingerprint density at radius 3 is 2.52 bits per heavy atom. The van der Waals surface area contributed by atoms with Crippen molar-refractivity contribution in [2.45, 2.75) is 162 Å². The third-order valence-electron chi connectivity index (χ3n) is 17.7. The quantitative estimate of drug-likeness (QED) is 0.255. The summed E-state index contributed by atoms with van der Waals surface area (Å²) in [5.74, 6) is 3.86. The van der Waals surface area contributed by atoms with Crippen molar-refractivity contribution in [1.29, 1.82) is 0 Å². The number of allylic oxidation sites excluding steroid dienone is 2. The number of hydrogen-bond donors (Lipinski definition) is 1. The predicted molar refractivity (Wildman–Crippen MR) is 223 cm³/mol. The first kappa shape index (κ1) is 40.3. The minimum atomic E-state index is -0.790. The van der Waals surface area contributed by atoms with Crippen LogP contribution in [0.25, 0.3) is 0 Å². The molecular formula is C49H73N3O4. The number of fused-ring (bicyclic) bond motifs is 5. The van der Waals surface area contributed by atoms with Gasteiger partial charge in [-0.1, -0.05) is 84.4 Å². The number of hydrogen-bond acceptors (Lipinski definition) is 5. The Kier molecular flexibility index (Phi) is 10.3. The predicted octanol–water partition coefficient (Wildman–Crippen LogP) is 8.75. The van der Waals surface area contributed by atoms with Gasteiger partial charge >= 0.3 is 0 Å². The van der Waals surface area contributed by atoms with Crippen LogP contribution in [0.1, 0.15) is 139 Å². The Bertz CT molecular complexity index is 1720. The number of likely N-dealkylation sites (tertiary alicyclic amines) is 1. The van der Waals surface area contributed by atoms with Gasteiger partial charge in [0.15, 0.2) is 5.78 Å². The lowest BCUT2D eigenvalue weighted by Crippen LogP contribution is -2.57. The van der Waals surface area contributed by atoms with E-state index in [0.717, 1.165) is 63.6 Å². The molecule has 8 rings (SSSR count). The van der Waals surface area contributed by atoms with Crippen LogP contribution in [0.5, 0.6) is 0 Å². The first-order valence-corrected chi connectivity index (χ1v) is 22.7. The zero-order valence-corrected chi connectivity index (χ0v) is 36.3. The highest BCUT2D eigenvalue weighted by atomic mass is 16.5. The summed E-state index contributed by atoms with van der Waals surface area (Å²) in [5, 5.41) is 3.30. The highest BCUT2D eigenvalue weighted by Gasteiger charge is 2.74. The molecule has 3 saturated carbocycles. The fraction of sp³-hybridized carbons (Fsp3) is 0.776. The SMILES string of the molecule is CC1CC2OCC3(C)CC34CC3C(CCC5=CC(=O)CCC53C)C4CCC(C)C2N(CCNC(=O)C2(C)C(C)N2C(=O)CC(C)CC(C)(C)c2ccccc2)C1. The molecule has 3 heterocycles. The van der Waals surface area contributed by atoms with Gasteiger partial charge in [0, 0.05) is 38.5 Å². The highest BCUT2D eigenvalue weighted by Crippen LogP contribution is 2.80. The maximum Gasteiger partial charge on any atom is 0.247 e. The van der Waals surface area contributed by atoms with E-state index in [4.69, 9.17) is 4.74 Å². The molecule has 13 unspecified atom stereocenters. The number of rotatable bonds is 9. The Hall–Kier alpha value is -2.51. The molecule has 3 aliphatic heterocycles. The molecule has 1 spiro atoms. The Balaban J connectivity index is 0.892. The van der Waals surface area contributed by atoms with E-state index >= 15 is 0 Å². The summed E-state index contributed by atoms with van der Waals surface area (Å²) in [7, 11) is 0. The second-order valence-corrected chi connectivity index (χ2v) is 21.9. The minimum absolute atomic E-state index is 0.0249. The van der Waals surface area contributed by atoms with Gasteiger partial charge < -0.3 is 15.0 Å². The van der Waals surface area contributed by atoms with Crippen molar-refractivity contribution in [1.82, 2.24) is 15.1 Å². The molecule has 0 radical (unpaired) electrons. The van der Waals surface area contributed by atoms with Crippen LogP contribution in [-0.4, -0.2) is 77.4 Å². The van der Waals surface area contributed by atoms with Crippen molar-refractivity contribution in [3.8, 4) is 0 Å². The van der Waals surface area contributed by atoms with E-state index in [1.807, 2.05) is 30.9 Å². The lowest BCUT2D eigenvalue weighted by molar-refractivity contribution is -0.133. The molecule has 0 bridgehead atoms. The largest absolute Gasteiger partial charge is 0.376 e. The smallest absolute Gasteiger partial charge is 0.247 e. The van der Waals surface area contributed by atoms with Crippen molar-refractivity contribution in [2.24, 2.45) is 51.8 Å². The molecule has 3 saturated heterocycles. The zero-order chi connectivity index (χ0) is 40.0. The summed E-state index contributed by atoms with van der Waals surface area (Å²) in [6, 6.07) is 10.8. The Morgan fingerprint density at radius 2 is 1.77 bits per heavy atom. The molecule has 1 N–H and O–H groups in total.